The van der Waals surface area contributed by atoms with Crippen LogP contribution in [0.15, 0.2) is 54.6 Å². The van der Waals surface area contributed by atoms with Gasteiger partial charge in [0.1, 0.15) is 11.4 Å². The number of carbonyl (C=O) groups excluding carboxylic acids is 2. The monoisotopic (exact) mass is 403 g/mol. The maximum absolute atomic E-state index is 13.3. The van der Waals surface area contributed by atoms with Crippen LogP contribution < -0.4 is 0 Å². The highest BCUT2D eigenvalue weighted by atomic mass is 35.5. The first-order valence-corrected chi connectivity index (χ1v) is 10.5. The van der Waals surface area contributed by atoms with Gasteiger partial charge in [-0.25, -0.2) is 4.79 Å². The second kappa shape index (κ2) is 9.29. The number of benzene rings is 2. The lowest BCUT2D eigenvalue weighted by atomic mass is 10.1. The Bertz CT molecular complexity index is 799. The van der Waals surface area contributed by atoms with Crippen LogP contribution in [0.4, 0.5) is 0 Å². The number of rotatable bonds is 6. The number of hydrogen-bond donors (Lipinski definition) is 0. The lowest BCUT2D eigenvalue weighted by Gasteiger charge is -2.28. The van der Waals surface area contributed by atoms with E-state index in [-0.39, 0.29) is 17.3 Å². The quantitative estimate of drug-likeness (QED) is 0.506. The SMILES string of the molecule is CCCCOC(=O)C1CSC(c2ccccc2)N1C(=O)c1cccc(Cl)c1. The molecule has 1 heterocycles. The molecule has 2 aromatic rings. The van der Waals surface area contributed by atoms with E-state index in [1.165, 1.54) is 0 Å². The molecule has 0 radical (unpaired) electrons. The van der Waals surface area contributed by atoms with Crippen molar-refractivity contribution in [2.75, 3.05) is 12.4 Å². The van der Waals surface area contributed by atoms with Crippen molar-refractivity contribution in [1.82, 2.24) is 4.90 Å². The van der Waals surface area contributed by atoms with Crippen LogP contribution in [0.5, 0.6) is 0 Å². The van der Waals surface area contributed by atoms with Crippen molar-refractivity contribution in [1.29, 1.82) is 0 Å². The Kier molecular flexibility index (Phi) is 6.80. The van der Waals surface area contributed by atoms with Gasteiger partial charge in [-0.2, -0.15) is 0 Å². The number of carbonyl (C=O) groups is 2. The Labute approximate surface area is 168 Å². The Morgan fingerprint density at radius 1 is 1.19 bits per heavy atom. The van der Waals surface area contributed by atoms with Gasteiger partial charge in [0.15, 0.2) is 0 Å². The van der Waals surface area contributed by atoms with Crippen LogP contribution in [0.3, 0.4) is 0 Å². The summed E-state index contributed by atoms with van der Waals surface area (Å²) in [4.78, 5) is 27.6. The maximum atomic E-state index is 13.3. The molecule has 1 aliphatic rings. The Morgan fingerprint density at radius 2 is 1.96 bits per heavy atom. The van der Waals surface area contributed by atoms with E-state index in [2.05, 4.69) is 0 Å². The molecule has 27 heavy (non-hydrogen) atoms. The third-order valence-corrected chi connectivity index (χ3v) is 5.96. The molecular weight excluding hydrogens is 382 g/mol. The van der Waals surface area contributed by atoms with Crippen LogP contribution in [0, 0.1) is 0 Å². The molecule has 3 rings (SSSR count). The summed E-state index contributed by atoms with van der Waals surface area (Å²) >= 11 is 7.64. The van der Waals surface area contributed by atoms with Crippen molar-refractivity contribution < 1.29 is 14.3 Å². The van der Waals surface area contributed by atoms with Gasteiger partial charge in [0.25, 0.3) is 5.91 Å². The summed E-state index contributed by atoms with van der Waals surface area (Å²) in [6.45, 7) is 2.42. The average molecular weight is 404 g/mol. The van der Waals surface area contributed by atoms with Crippen LogP contribution in [-0.4, -0.2) is 35.2 Å². The van der Waals surface area contributed by atoms with Gasteiger partial charge in [-0.3, -0.25) is 4.79 Å². The molecule has 1 saturated heterocycles. The molecular formula is C21H22ClNO3S. The Morgan fingerprint density at radius 3 is 2.67 bits per heavy atom. The third-order valence-electron chi connectivity index (χ3n) is 4.41. The predicted molar refractivity (Wildman–Crippen MR) is 109 cm³/mol. The summed E-state index contributed by atoms with van der Waals surface area (Å²) in [6.07, 6.45) is 1.76. The number of unbranched alkanes of at least 4 members (excludes halogenated alkanes) is 1. The summed E-state index contributed by atoms with van der Waals surface area (Å²) in [5, 5.41) is 0.257. The highest BCUT2D eigenvalue weighted by Crippen LogP contribution is 2.42. The van der Waals surface area contributed by atoms with Crippen molar-refractivity contribution in [3.63, 3.8) is 0 Å². The number of halogens is 1. The van der Waals surface area contributed by atoms with Crippen molar-refractivity contribution in [2.24, 2.45) is 0 Å². The van der Waals surface area contributed by atoms with Crippen molar-refractivity contribution in [3.8, 4) is 0 Å². The summed E-state index contributed by atoms with van der Waals surface area (Å²) < 4.78 is 5.42. The van der Waals surface area contributed by atoms with Gasteiger partial charge in [0.2, 0.25) is 0 Å². The van der Waals surface area contributed by atoms with Crippen LogP contribution in [0.2, 0.25) is 5.02 Å². The third kappa shape index (κ3) is 4.66. The zero-order valence-electron chi connectivity index (χ0n) is 15.1. The summed E-state index contributed by atoms with van der Waals surface area (Å²) in [7, 11) is 0. The molecule has 0 N–H and O–H groups in total. The second-order valence-corrected chi connectivity index (χ2v) is 7.91. The molecule has 4 nitrogen and oxygen atoms in total. The lowest BCUT2D eigenvalue weighted by molar-refractivity contribution is -0.148. The van der Waals surface area contributed by atoms with E-state index >= 15 is 0 Å². The molecule has 1 fully saturated rings. The molecule has 0 bridgehead atoms. The fourth-order valence-electron chi connectivity index (χ4n) is 2.99. The van der Waals surface area contributed by atoms with Gasteiger partial charge < -0.3 is 9.64 Å². The van der Waals surface area contributed by atoms with E-state index in [0.717, 1.165) is 18.4 Å². The van der Waals surface area contributed by atoms with E-state index in [1.54, 1.807) is 40.9 Å². The van der Waals surface area contributed by atoms with E-state index in [4.69, 9.17) is 16.3 Å². The van der Waals surface area contributed by atoms with E-state index < -0.39 is 6.04 Å². The fraction of sp³-hybridized carbons (Fsp3) is 0.333. The fourth-order valence-corrected chi connectivity index (χ4v) is 4.60. The molecule has 0 saturated carbocycles. The van der Waals surface area contributed by atoms with Crippen molar-refractivity contribution in [2.45, 2.75) is 31.2 Å². The highest BCUT2D eigenvalue weighted by Gasteiger charge is 2.43. The highest BCUT2D eigenvalue weighted by molar-refractivity contribution is 7.99. The molecule has 2 aromatic carbocycles. The number of esters is 1. The van der Waals surface area contributed by atoms with Gasteiger partial charge >= 0.3 is 5.97 Å². The number of hydrogen-bond acceptors (Lipinski definition) is 4. The van der Waals surface area contributed by atoms with Crippen LogP contribution in [0.25, 0.3) is 0 Å². The minimum absolute atomic E-state index is 0.214. The zero-order valence-corrected chi connectivity index (χ0v) is 16.7. The largest absolute Gasteiger partial charge is 0.464 e. The van der Waals surface area contributed by atoms with Crippen LogP contribution in [-0.2, 0) is 9.53 Å². The molecule has 0 spiro atoms. The van der Waals surface area contributed by atoms with E-state index in [9.17, 15) is 9.59 Å². The number of nitrogens with zero attached hydrogens (tertiary/aromatic N) is 1. The smallest absolute Gasteiger partial charge is 0.329 e. The van der Waals surface area contributed by atoms with Crippen LogP contribution in [0.1, 0.15) is 41.1 Å². The minimum Gasteiger partial charge on any atom is -0.464 e. The molecule has 2 atom stereocenters. The van der Waals surface area contributed by atoms with E-state index in [1.807, 2.05) is 37.3 Å². The first-order chi connectivity index (χ1) is 13.1. The maximum Gasteiger partial charge on any atom is 0.329 e. The van der Waals surface area contributed by atoms with Crippen molar-refractivity contribution in [3.05, 3.63) is 70.7 Å². The number of ether oxygens (including phenoxy) is 1. The van der Waals surface area contributed by atoms with Crippen molar-refractivity contribution >= 4 is 35.2 Å². The molecule has 0 aromatic heterocycles. The second-order valence-electron chi connectivity index (χ2n) is 6.36. The van der Waals surface area contributed by atoms with Gasteiger partial charge in [0, 0.05) is 16.3 Å². The first-order valence-electron chi connectivity index (χ1n) is 9.03. The Balaban J connectivity index is 1.89. The standard InChI is InChI=1S/C21H22ClNO3S/c1-2-3-12-26-21(25)18-14-27-20(15-8-5-4-6-9-15)23(18)19(24)16-10-7-11-17(22)13-16/h4-11,13,18,20H,2-3,12,14H2,1H3. The molecule has 0 aliphatic carbocycles. The normalized spacial score (nSPS) is 19.1. The first kappa shape index (κ1) is 19.8. The van der Waals surface area contributed by atoms with Crippen LogP contribution >= 0.6 is 23.4 Å². The van der Waals surface area contributed by atoms with Gasteiger partial charge in [-0.05, 0) is 30.2 Å². The number of thioether (sulfide) groups is 1. The van der Waals surface area contributed by atoms with Gasteiger partial charge in [-0.15, -0.1) is 11.8 Å². The Hall–Kier alpha value is -1.98. The molecule has 142 valence electrons. The zero-order chi connectivity index (χ0) is 19.2. The minimum atomic E-state index is -0.608. The molecule has 2 unspecified atom stereocenters. The van der Waals surface area contributed by atoms with Gasteiger partial charge in [0.05, 0.1) is 6.61 Å². The number of amides is 1. The molecule has 6 heteroatoms. The lowest BCUT2D eigenvalue weighted by Crippen LogP contribution is -2.44. The topological polar surface area (TPSA) is 46.6 Å². The summed E-state index contributed by atoms with van der Waals surface area (Å²) in [5.41, 5.74) is 1.46. The molecule has 1 amide bonds. The molecule has 1 aliphatic heterocycles. The predicted octanol–water partition coefficient (Wildman–Crippen LogP) is 4.94. The summed E-state index contributed by atoms with van der Waals surface area (Å²) in [6, 6.07) is 16.0. The van der Waals surface area contributed by atoms with Gasteiger partial charge in [-0.1, -0.05) is 61.3 Å². The summed E-state index contributed by atoms with van der Waals surface area (Å²) in [5.74, 6) is -0.0462. The average Bonchev–Trinajstić information content (AvgIpc) is 3.13. The van der Waals surface area contributed by atoms with E-state index in [0.29, 0.717) is 22.9 Å².